The minimum Gasteiger partial charge on any atom is -0.369 e. The Morgan fingerprint density at radius 2 is 1.66 bits per heavy atom. The quantitative estimate of drug-likeness (QED) is 0.703. The Morgan fingerprint density at radius 1 is 0.938 bits per heavy atom. The summed E-state index contributed by atoms with van der Waals surface area (Å²) in [7, 11) is 0. The van der Waals surface area contributed by atoms with E-state index in [1.54, 1.807) is 0 Å². The number of ether oxygens (including phenoxy) is 2. The van der Waals surface area contributed by atoms with Crippen LogP contribution in [-0.2, 0) is 20.1 Å². The Bertz CT molecular complexity index is 1010. The highest BCUT2D eigenvalue weighted by atomic mass is 35.5. The van der Waals surface area contributed by atoms with Gasteiger partial charge in [-0.3, -0.25) is 14.6 Å². The van der Waals surface area contributed by atoms with Gasteiger partial charge in [0.1, 0.15) is 0 Å². The molecule has 6 nitrogen and oxygen atoms in total. The summed E-state index contributed by atoms with van der Waals surface area (Å²) in [6.45, 7) is 4.08. The first-order chi connectivity index (χ1) is 15.6. The van der Waals surface area contributed by atoms with Crippen molar-refractivity contribution in [2.24, 2.45) is 0 Å². The smallest absolute Gasteiger partial charge is 0.293 e. The van der Waals surface area contributed by atoms with Gasteiger partial charge in [0, 0.05) is 42.5 Å². The molecule has 2 aromatic rings. The predicted octanol–water partition coefficient (Wildman–Crippen LogP) is 3.98. The summed E-state index contributed by atoms with van der Waals surface area (Å²) >= 11 is 6.17. The van der Waals surface area contributed by atoms with E-state index in [-0.39, 0.29) is 18.1 Å². The maximum Gasteiger partial charge on any atom is 0.293 e. The second-order valence-corrected chi connectivity index (χ2v) is 9.63. The first kappa shape index (κ1) is 20.5. The minimum atomic E-state index is -1.27. The van der Waals surface area contributed by atoms with Gasteiger partial charge in [0.05, 0.1) is 24.6 Å². The van der Waals surface area contributed by atoms with Crippen molar-refractivity contribution in [3.05, 3.63) is 59.1 Å². The SMILES string of the molecule is O=C1N(CN2CCN(c3cccc(Cl)c3)CC2)c2ccccc2C12O[C@@H]1CCCC[C@H]1O2. The Hall–Kier alpha value is -2.12. The van der Waals surface area contributed by atoms with Crippen molar-refractivity contribution in [3.8, 4) is 0 Å². The summed E-state index contributed by atoms with van der Waals surface area (Å²) in [4.78, 5) is 20.3. The molecule has 0 N–H and O–H groups in total. The number of halogens is 1. The van der Waals surface area contributed by atoms with Crippen molar-refractivity contribution in [2.75, 3.05) is 42.6 Å². The maximum absolute atomic E-state index is 13.8. The number of benzene rings is 2. The fourth-order valence-electron chi connectivity index (χ4n) is 5.56. The summed E-state index contributed by atoms with van der Waals surface area (Å²) in [6, 6.07) is 15.9. The molecule has 32 heavy (non-hydrogen) atoms. The van der Waals surface area contributed by atoms with Crippen molar-refractivity contribution < 1.29 is 14.3 Å². The van der Waals surface area contributed by atoms with E-state index in [2.05, 4.69) is 15.9 Å². The Balaban J connectivity index is 1.19. The fourth-order valence-corrected chi connectivity index (χ4v) is 5.75. The molecule has 1 spiro atoms. The number of carbonyl (C=O) groups excluding carboxylic acids is 1. The van der Waals surface area contributed by atoms with Crippen LogP contribution in [0.1, 0.15) is 31.2 Å². The van der Waals surface area contributed by atoms with Crippen LogP contribution in [0.25, 0.3) is 0 Å². The van der Waals surface area contributed by atoms with Crippen LogP contribution in [0.15, 0.2) is 48.5 Å². The second-order valence-electron chi connectivity index (χ2n) is 9.19. The monoisotopic (exact) mass is 453 g/mol. The first-order valence-corrected chi connectivity index (χ1v) is 12.0. The van der Waals surface area contributed by atoms with Crippen LogP contribution in [0, 0.1) is 0 Å². The van der Waals surface area contributed by atoms with Gasteiger partial charge in [-0.15, -0.1) is 0 Å². The van der Waals surface area contributed by atoms with E-state index in [0.29, 0.717) is 6.67 Å². The largest absolute Gasteiger partial charge is 0.369 e. The number of nitrogens with zero attached hydrogens (tertiary/aromatic N) is 3. The lowest BCUT2D eigenvalue weighted by Gasteiger charge is -2.38. The molecule has 2 atom stereocenters. The molecule has 168 valence electrons. The van der Waals surface area contributed by atoms with E-state index in [4.69, 9.17) is 21.1 Å². The molecule has 3 aliphatic heterocycles. The van der Waals surface area contributed by atoms with E-state index in [9.17, 15) is 4.79 Å². The molecule has 1 amide bonds. The van der Waals surface area contributed by atoms with E-state index in [1.165, 1.54) is 0 Å². The van der Waals surface area contributed by atoms with Gasteiger partial charge >= 0.3 is 0 Å². The number of rotatable bonds is 3. The van der Waals surface area contributed by atoms with Crippen LogP contribution in [0.4, 0.5) is 11.4 Å². The van der Waals surface area contributed by atoms with Crippen molar-refractivity contribution in [3.63, 3.8) is 0 Å². The highest BCUT2D eigenvalue weighted by Crippen LogP contribution is 2.51. The Labute approximate surface area is 193 Å². The van der Waals surface area contributed by atoms with Gasteiger partial charge in [0.2, 0.25) is 0 Å². The third kappa shape index (κ3) is 3.32. The summed E-state index contributed by atoms with van der Waals surface area (Å²) < 4.78 is 12.8. The van der Waals surface area contributed by atoms with Gasteiger partial charge in [-0.2, -0.15) is 0 Å². The van der Waals surface area contributed by atoms with Gasteiger partial charge < -0.3 is 14.4 Å². The fraction of sp³-hybridized carbons (Fsp3) is 0.480. The van der Waals surface area contributed by atoms with Crippen LogP contribution in [0.3, 0.4) is 0 Å². The van der Waals surface area contributed by atoms with Gasteiger partial charge in [-0.05, 0) is 37.1 Å². The van der Waals surface area contributed by atoms with Crippen LogP contribution in [-0.4, -0.2) is 55.9 Å². The number of hydrogen-bond donors (Lipinski definition) is 0. The van der Waals surface area contributed by atoms with Gasteiger partial charge in [0.15, 0.2) is 0 Å². The normalized spacial score (nSPS) is 27.1. The molecule has 7 heteroatoms. The zero-order valence-electron chi connectivity index (χ0n) is 18.1. The molecule has 0 unspecified atom stereocenters. The lowest BCUT2D eigenvalue weighted by Crippen LogP contribution is -2.52. The molecule has 2 saturated heterocycles. The predicted molar refractivity (Wildman–Crippen MR) is 124 cm³/mol. The van der Waals surface area contributed by atoms with Crippen LogP contribution in [0.5, 0.6) is 0 Å². The molecule has 2 aromatic carbocycles. The summed E-state index contributed by atoms with van der Waals surface area (Å²) in [5, 5.41) is 0.756. The standard InChI is InChI=1S/C25H28ClN3O3/c26-18-6-5-7-19(16-18)28-14-12-27(13-15-28)17-29-21-9-2-1-8-20(21)25(24(29)30)31-22-10-3-4-11-23(22)32-25/h1-2,5-9,16,22-23H,3-4,10-15,17H2/t22-,23-/m1/s1. The van der Waals surface area contributed by atoms with E-state index < -0.39 is 5.79 Å². The molecular formula is C25H28ClN3O3. The molecular weight excluding hydrogens is 426 g/mol. The van der Waals surface area contributed by atoms with Crippen molar-refractivity contribution in [2.45, 2.75) is 43.7 Å². The zero-order chi connectivity index (χ0) is 21.7. The molecule has 3 fully saturated rings. The highest BCUT2D eigenvalue weighted by molar-refractivity contribution is 6.30. The van der Waals surface area contributed by atoms with Crippen LogP contribution < -0.4 is 9.80 Å². The number of piperazine rings is 1. The average Bonchev–Trinajstić information content (AvgIpc) is 3.32. The average molecular weight is 454 g/mol. The number of anilines is 2. The molecule has 4 aliphatic rings. The van der Waals surface area contributed by atoms with Gasteiger partial charge in [-0.25, -0.2) is 0 Å². The number of fused-ring (bicyclic) bond motifs is 3. The van der Waals surface area contributed by atoms with Crippen molar-refractivity contribution in [1.29, 1.82) is 0 Å². The zero-order valence-corrected chi connectivity index (χ0v) is 18.8. The van der Waals surface area contributed by atoms with E-state index in [0.717, 1.165) is 73.8 Å². The molecule has 0 aromatic heterocycles. The summed E-state index contributed by atoms with van der Waals surface area (Å²) in [6.07, 6.45) is 4.23. The van der Waals surface area contributed by atoms with Gasteiger partial charge in [0.25, 0.3) is 11.7 Å². The maximum atomic E-state index is 13.8. The van der Waals surface area contributed by atoms with Crippen LogP contribution >= 0.6 is 11.6 Å². The molecule has 0 radical (unpaired) electrons. The highest BCUT2D eigenvalue weighted by Gasteiger charge is 2.61. The molecule has 0 bridgehead atoms. The second kappa shape index (κ2) is 8.03. The van der Waals surface area contributed by atoms with Crippen molar-refractivity contribution >= 4 is 28.9 Å². The lowest BCUT2D eigenvalue weighted by molar-refractivity contribution is -0.190. The first-order valence-electron chi connectivity index (χ1n) is 11.6. The van der Waals surface area contributed by atoms with Crippen molar-refractivity contribution in [1.82, 2.24) is 4.90 Å². The third-order valence-corrected chi connectivity index (χ3v) is 7.47. The van der Waals surface area contributed by atoms with E-state index >= 15 is 0 Å². The third-order valence-electron chi connectivity index (χ3n) is 7.24. The summed E-state index contributed by atoms with van der Waals surface area (Å²) in [5.74, 6) is -1.34. The molecule has 3 heterocycles. The minimum absolute atomic E-state index is 0.0157. The Morgan fingerprint density at radius 3 is 2.38 bits per heavy atom. The lowest BCUT2D eigenvalue weighted by atomic mass is 9.95. The topological polar surface area (TPSA) is 45.3 Å². The molecule has 1 saturated carbocycles. The summed E-state index contributed by atoms with van der Waals surface area (Å²) in [5.41, 5.74) is 2.92. The number of amides is 1. The van der Waals surface area contributed by atoms with E-state index in [1.807, 2.05) is 47.4 Å². The molecule has 6 rings (SSSR count). The Kier molecular flexibility index (Phi) is 5.14. The van der Waals surface area contributed by atoms with Crippen LogP contribution in [0.2, 0.25) is 5.02 Å². The van der Waals surface area contributed by atoms with Gasteiger partial charge in [-0.1, -0.05) is 48.7 Å². The number of hydrogen-bond acceptors (Lipinski definition) is 5. The number of carbonyl (C=O) groups is 1. The number of para-hydroxylation sites is 1. The molecule has 1 aliphatic carbocycles.